The van der Waals surface area contributed by atoms with E-state index < -0.39 is 5.91 Å². The van der Waals surface area contributed by atoms with Gasteiger partial charge in [0, 0.05) is 10.6 Å². The van der Waals surface area contributed by atoms with Gasteiger partial charge < -0.3 is 10.5 Å². The molecule has 0 aliphatic rings. The number of nitrogens with two attached hydrogens (primary N) is 1. The molecule has 0 spiro atoms. The number of hydrogen-bond acceptors (Lipinski definition) is 2. The smallest absolute Gasteiger partial charge is 0.248 e. The number of benzene rings is 2. The molecule has 2 N–H and O–H groups in total. The zero-order valence-corrected chi connectivity index (χ0v) is 10.4. The summed E-state index contributed by atoms with van der Waals surface area (Å²) in [6.45, 7) is 0.416. The van der Waals surface area contributed by atoms with Crippen LogP contribution in [0.15, 0.2) is 48.5 Å². The van der Waals surface area contributed by atoms with E-state index in [1.807, 2.05) is 24.3 Å². The monoisotopic (exact) mass is 261 g/mol. The number of amides is 1. The second kappa shape index (κ2) is 5.56. The third-order valence-electron chi connectivity index (χ3n) is 2.44. The third kappa shape index (κ3) is 3.25. The highest BCUT2D eigenvalue weighted by Gasteiger charge is 2.00. The first-order valence-corrected chi connectivity index (χ1v) is 5.80. The Morgan fingerprint density at radius 2 is 1.89 bits per heavy atom. The lowest BCUT2D eigenvalue weighted by Gasteiger charge is -2.06. The Morgan fingerprint density at radius 3 is 2.50 bits per heavy atom. The van der Waals surface area contributed by atoms with Crippen molar-refractivity contribution < 1.29 is 9.53 Å². The highest BCUT2D eigenvalue weighted by atomic mass is 35.5. The maximum Gasteiger partial charge on any atom is 0.248 e. The lowest BCUT2D eigenvalue weighted by Crippen LogP contribution is -2.10. The summed E-state index contributed by atoms with van der Waals surface area (Å²) in [6.07, 6.45) is 0. The van der Waals surface area contributed by atoms with E-state index in [1.165, 1.54) is 0 Å². The molecule has 0 aliphatic heterocycles. The highest BCUT2D eigenvalue weighted by Crippen LogP contribution is 2.18. The maximum atomic E-state index is 10.9. The van der Waals surface area contributed by atoms with Crippen molar-refractivity contribution in [2.24, 2.45) is 5.73 Å². The first kappa shape index (κ1) is 12.5. The lowest BCUT2D eigenvalue weighted by molar-refractivity contribution is 0.1000. The average molecular weight is 262 g/mol. The lowest BCUT2D eigenvalue weighted by atomic mass is 10.1. The van der Waals surface area contributed by atoms with Crippen LogP contribution in [0.3, 0.4) is 0 Å². The van der Waals surface area contributed by atoms with Crippen LogP contribution in [-0.4, -0.2) is 5.91 Å². The van der Waals surface area contributed by atoms with Crippen molar-refractivity contribution in [2.45, 2.75) is 6.61 Å². The summed E-state index contributed by atoms with van der Waals surface area (Å²) in [5.74, 6) is 0.277. The van der Waals surface area contributed by atoms with Crippen LogP contribution in [0, 0.1) is 0 Å². The molecule has 0 aromatic heterocycles. The second-order valence-corrected chi connectivity index (χ2v) is 4.24. The first-order chi connectivity index (χ1) is 8.65. The number of ether oxygens (including phenoxy) is 1. The van der Waals surface area contributed by atoms with Gasteiger partial charge in [0.15, 0.2) is 0 Å². The van der Waals surface area contributed by atoms with Gasteiger partial charge in [-0.25, -0.2) is 0 Å². The topological polar surface area (TPSA) is 52.3 Å². The summed E-state index contributed by atoms with van der Waals surface area (Å²) in [4.78, 5) is 10.9. The molecule has 3 nitrogen and oxygen atoms in total. The van der Waals surface area contributed by atoms with Crippen LogP contribution in [-0.2, 0) is 6.61 Å². The van der Waals surface area contributed by atoms with E-state index in [-0.39, 0.29) is 0 Å². The Hall–Kier alpha value is -2.00. The van der Waals surface area contributed by atoms with Crippen LogP contribution >= 0.6 is 11.6 Å². The predicted octanol–water partition coefficient (Wildman–Crippen LogP) is 3.02. The Kier molecular flexibility index (Phi) is 3.85. The van der Waals surface area contributed by atoms with Gasteiger partial charge in [0.2, 0.25) is 5.91 Å². The fourth-order valence-electron chi connectivity index (χ4n) is 1.49. The van der Waals surface area contributed by atoms with Gasteiger partial charge >= 0.3 is 0 Å². The van der Waals surface area contributed by atoms with Gasteiger partial charge in [-0.05, 0) is 35.9 Å². The van der Waals surface area contributed by atoms with E-state index in [9.17, 15) is 4.79 Å². The fraction of sp³-hybridized carbons (Fsp3) is 0.0714. The SMILES string of the molecule is NC(=O)c1ccc(COc2cccc(Cl)c2)cc1. The third-order valence-corrected chi connectivity index (χ3v) is 2.68. The van der Waals surface area contributed by atoms with Crippen LogP contribution in [0.2, 0.25) is 5.02 Å². The van der Waals surface area contributed by atoms with Gasteiger partial charge in [-0.1, -0.05) is 29.8 Å². The van der Waals surface area contributed by atoms with Crippen molar-refractivity contribution in [3.63, 3.8) is 0 Å². The molecule has 92 valence electrons. The van der Waals surface area contributed by atoms with Gasteiger partial charge in [0.05, 0.1) is 0 Å². The molecule has 4 heteroatoms. The van der Waals surface area contributed by atoms with Crippen molar-refractivity contribution >= 4 is 17.5 Å². The maximum absolute atomic E-state index is 10.9. The minimum absolute atomic E-state index is 0.416. The van der Waals surface area contributed by atoms with E-state index in [0.29, 0.717) is 22.9 Å². The second-order valence-electron chi connectivity index (χ2n) is 3.81. The van der Waals surface area contributed by atoms with Crippen molar-refractivity contribution in [1.82, 2.24) is 0 Å². The van der Waals surface area contributed by atoms with Gasteiger partial charge in [-0.3, -0.25) is 4.79 Å². The molecule has 2 aromatic carbocycles. The first-order valence-electron chi connectivity index (χ1n) is 5.42. The minimum Gasteiger partial charge on any atom is -0.489 e. The Bertz CT molecular complexity index is 552. The quantitative estimate of drug-likeness (QED) is 0.920. The zero-order valence-electron chi connectivity index (χ0n) is 9.60. The van der Waals surface area contributed by atoms with Crippen molar-refractivity contribution in [3.05, 3.63) is 64.7 Å². The number of carbonyl (C=O) groups excluding carboxylic acids is 1. The molecule has 0 atom stereocenters. The van der Waals surface area contributed by atoms with Gasteiger partial charge in [-0.2, -0.15) is 0 Å². The summed E-state index contributed by atoms with van der Waals surface area (Å²) < 4.78 is 5.57. The molecule has 2 rings (SSSR count). The molecule has 2 aromatic rings. The fourth-order valence-corrected chi connectivity index (χ4v) is 1.67. The molecule has 0 saturated heterocycles. The molecule has 0 heterocycles. The highest BCUT2D eigenvalue weighted by molar-refractivity contribution is 6.30. The molecule has 0 saturated carbocycles. The van der Waals surface area contributed by atoms with E-state index in [0.717, 1.165) is 5.56 Å². The van der Waals surface area contributed by atoms with Gasteiger partial charge in [-0.15, -0.1) is 0 Å². The summed E-state index contributed by atoms with van der Waals surface area (Å²) in [6, 6.07) is 14.2. The Morgan fingerprint density at radius 1 is 1.17 bits per heavy atom. The van der Waals surface area contributed by atoms with E-state index in [4.69, 9.17) is 22.1 Å². The van der Waals surface area contributed by atoms with Crippen LogP contribution in [0.4, 0.5) is 0 Å². The van der Waals surface area contributed by atoms with Crippen LogP contribution < -0.4 is 10.5 Å². The van der Waals surface area contributed by atoms with Crippen molar-refractivity contribution in [2.75, 3.05) is 0 Å². The Labute approximate surface area is 110 Å². The molecule has 18 heavy (non-hydrogen) atoms. The molecule has 0 bridgehead atoms. The molecule has 1 amide bonds. The summed E-state index contributed by atoms with van der Waals surface area (Å²) in [5.41, 5.74) is 6.61. The molecule has 0 aliphatic carbocycles. The molecule has 0 fully saturated rings. The summed E-state index contributed by atoms with van der Waals surface area (Å²) in [7, 11) is 0. The van der Waals surface area contributed by atoms with E-state index in [2.05, 4.69) is 0 Å². The number of halogens is 1. The van der Waals surface area contributed by atoms with Crippen LogP contribution in [0.5, 0.6) is 5.75 Å². The van der Waals surface area contributed by atoms with Gasteiger partial charge in [0.1, 0.15) is 12.4 Å². The Balaban J connectivity index is 2.00. The van der Waals surface area contributed by atoms with Crippen LogP contribution in [0.25, 0.3) is 0 Å². The molecular weight excluding hydrogens is 250 g/mol. The van der Waals surface area contributed by atoms with E-state index >= 15 is 0 Å². The largest absolute Gasteiger partial charge is 0.489 e. The normalized spacial score (nSPS) is 10.1. The zero-order chi connectivity index (χ0) is 13.0. The minimum atomic E-state index is -0.433. The van der Waals surface area contributed by atoms with E-state index in [1.54, 1.807) is 24.3 Å². The predicted molar refractivity (Wildman–Crippen MR) is 70.7 cm³/mol. The van der Waals surface area contributed by atoms with Crippen molar-refractivity contribution in [3.8, 4) is 5.75 Å². The molecule has 0 unspecified atom stereocenters. The standard InChI is InChI=1S/C14H12ClNO2/c15-12-2-1-3-13(8-12)18-9-10-4-6-11(7-5-10)14(16)17/h1-8H,9H2,(H2,16,17). The molecular formula is C14H12ClNO2. The number of carbonyl (C=O) groups is 1. The summed E-state index contributed by atoms with van der Waals surface area (Å²) in [5, 5.41) is 0.636. The number of primary amides is 1. The number of rotatable bonds is 4. The van der Waals surface area contributed by atoms with Crippen LogP contribution in [0.1, 0.15) is 15.9 Å². The average Bonchev–Trinajstić information content (AvgIpc) is 2.37. The van der Waals surface area contributed by atoms with Crippen molar-refractivity contribution in [1.29, 1.82) is 0 Å². The number of hydrogen-bond donors (Lipinski definition) is 1. The van der Waals surface area contributed by atoms with Gasteiger partial charge in [0.25, 0.3) is 0 Å². The molecule has 0 radical (unpaired) electrons. The summed E-state index contributed by atoms with van der Waals surface area (Å²) >= 11 is 5.85.